The first-order valence-corrected chi connectivity index (χ1v) is 12.1. The fourth-order valence-electron chi connectivity index (χ4n) is 3.25. The number of benzene rings is 1. The summed E-state index contributed by atoms with van der Waals surface area (Å²) in [4.78, 5) is 0. The summed E-state index contributed by atoms with van der Waals surface area (Å²) in [5.74, 6) is -0.0991. The van der Waals surface area contributed by atoms with Gasteiger partial charge >= 0.3 is 10.1 Å². The molecule has 1 N–H and O–H groups in total. The quantitative estimate of drug-likeness (QED) is 0.270. The van der Waals surface area contributed by atoms with E-state index in [2.05, 4.69) is 13.8 Å². The Morgan fingerprint density at radius 1 is 0.889 bits per heavy atom. The number of hydrogen-bond donors (Lipinski definition) is 1. The summed E-state index contributed by atoms with van der Waals surface area (Å²) in [6.45, 7) is 6.12. The van der Waals surface area contributed by atoms with E-state index in [1.54, 1.807) is 12.1 Å². The van der Waals surface area contributed by atoms with Gasteiger partial charge in [-0.25, -0.2) is 0 Å². The van der Waals surface area contributed by atoms with Crippen molar-refractivity contribution in [2.24, 2.45) is 0 Å². The molecule has 1 unspecified atom stereocenters. The van der Waals surface area contributed by atoms with E-state index < -0.39 is 15.4 Å². The molecule has 1 rings (SSSR count). The first-order chi connectivity index (χ1) is 12.9. The Kier molecular flexibility index (Phi) is 11.5. The fraction of sp³-hybridized carbons (Fsp3) is 0.727. The van der Waals surface area contributed by atoms with Crippen molar-refractivity contribution in [3.8, 4) is 11.5 Å². The maximum atomic E-state index is 12.8. The molecule has 0 bridgehead atoms. The van der Waals surface area contributed by atoms with Gasteiger partial charge in [-0.1, -0.05) is 84.1 Å². The van der Waals surface area contributed by atoms with Gasteiger partial charge in [0.25, 0.3) is 0 Å². The third kappa shape index (κ3) is 9.50. The second-order valence-electron chi connectivity index (χ2n) is 7.58. The average Bonchev–Trinajstić information content (AvgIpc) is 2.62. The van der Waals surface area contributed by atoms with Crippen molar-refractivity contribution in [1.82, 2.24) is 0 Å². The van der Waals surface area contributed by atoms with Crippen LogP contribution in [0.2, 0.25) is 0 Å². The van der Waals surface area contributed by atoms with Gasteiger partial charge in [0.1, 0.15) is 0 Å². The van der Waals surface area contributed by atoms with Crippen LogP contribution < -0.4 is 4.18 Å². The molecule has 1 atom stereocenters. The van der Waals surface area contributed by atoms with Gasteiger partial charge in [0, 0.05) is 0 Å². The van der Waals surface area contributed by atoms with Crippen LogP contribution in [0, 0.1) is 6.92 Å². The summed E-state index contributed by atoms with van der Waals surface area (Å²) < 4.78 is 30.9. The van der Waals surface area contributed by atoms with E-state index in [1.807, 2.05) is 6.92 Å². The van der Waals surface area contributed by atoms with E-state index in [1.165, 1.54) is 44.6 Å². The van der Waals surface area contributed by atoms with E-state index in [4.69, 9.17) is 4.18 Å². The molecule has 4 nitrogen and oxygen atoms in total. The average molecular weight is 399 g/mol. The van der Waals surface area contributed by atoms with Gasteiger partial charge in [-0.2, -0.15) is 8.42 Å². The minimum Gasteiger partial charge on any atom is -0.504 e. The molecule has 0 amide bonds. The van der Waals surface area contributed by atoms with E-state index >= 15 is 0 Å². The summed E-state index contributed by atoms with van der Waals surface area (Å²) in [5, 5.41) is 9.40. The molecule has 0 aliphatic rings. The summed E-state index contributed by atoms with van der Waals surface area (Å²) >= 11 is 0. The SMILES string of the molecule is CCCCCCCCCCC(CCCC)S(=O)(=O)Oc1cc(C)ccc1O. The lowest BCUT2D eigenvalue weighted by molar-refractivity contribution is 0.415. The van der Waals surface area contributed by atoms with E-state index in [0.29, 0.717) is 12.8 Å². The lowest BCUT2D eigenvalue weighted by atomic mass is 10.0. The molecule has 0 saturated carbocycles. The van der Waals surface area contributed by atoms with Crippen LogP contribution in [0.3, 0.4) is 0 Å². The predicted octanol–water partition coefficient (Wildman–Crippen LogP) is 6.50. The first-order valence-electron chi connectivity index (χ1n) is 10.6. The first kappa shape index (κ1) is 23.8. The van der Waals surface area contributed by atoms with Crippen molar-refractivity contribution in [3.05, 3.63) is 23.8 Å². The minimum absolute atomic E-state index is 0.0347. The highest BCUT2D eigenvalue weighted by molar-refractivity contribution is 7.87. The molecule has 0 heterocycles. The Labute approximate surface area is 166 Å². The van der Waals surface area contributed by atoms with Gasteiger partial charge in [0.15, 0.2) is 11.5 Å². The van der Waals surface area contributed by atoms with Crippen molar-refractivity contribution in [1.29, 1.82) is 0 Å². The van der Waals surface area contributed by atoms with E-state index in [0.717, 1.165) is 31.2 Å². The minimum atomic E-state index is -3.75. The number of rotatable bonds is 15. The molecule has 0 fully saturated rings. The summed E-state index contributed by atoms with van der Waals surface area (Å²) in [6, 6.07) is 4.77. The molecule has 156 valence electrons. The molecule has 0 aliphatic carbocycles. The second-order valence-corrected chi connectivity index (χ2v) is 9.39. The zero-order valence-corrected chi connectivity index (χ0v) is 18.2. The third-order valence-electron chi connectivity index (χ3n) is 4.99. The Hall–Kier alpha value is -1.23. The van der Waals surface area contributed by atoms with Gasteiger partial charge < -0.3 is 9.29 Å². The highest BCUT2D eigenvalue weighted by Gasteiger charge is 2.27. The Morgan fingerprint density at radius 2 is 1.44 bits per heavy atom. The molecule has 1 aromatic rings. The Morgan fingerprint density at radius 3 is 2.07 bits per heavy atom. The molecule has 27 heavy (non-hydrogen) atoms. The number of unbranched alkanes of at least 4 members (excludes halogenated alkanes) is 8. The molecule has 0 radical (unpaired) electrons. The summed E-state index contributed by atoms with van der Waals surface area (Å²) in [6.07, 6.45) is 12.6. The van der Waals surface area contributed by atoms with Gasteiger partial charge in [0.2, 0.25) is 0 Å². The number of phenols is 1. The number of aromatic hydroxyl groups is 1. The van der Waals surface area contributed by atoms with Gasteiger partial charge in [-0.05, 0) is 37.5 Å². The van der Waals surface area contributed by atoms with Gasteiger partial charge in [-0.3, -0.25) is 0 Å². The van der Waals surface area contributed by atoms with Gasteiger partial charge in [0.05, 0.1) is 5.25 Å². The Bertz CT molecular complexity index is 625. The molecule has 0 spiro atoms. The van der Waals surface area contributed by atoms with Crippen molar-refractivity contribution in [3.63, 3.8) is 0 Å². The van der Waals surface area contributed by atoms with Crippen molar-refractivity contribution >= 4 is 10.1 Å². The van der Waals surface area contributed by atoms with E-state index in [9.17, 15) is 13.5 Å². The largest absolute Gasteiger partial charge is 0.504 e. The predicted molar refractivity (Wildman–Crippen MR) is 113 cm³/mol. The molecule has 5 heteroatoms. The lowest BCUT2D eigenvalue weighted by Gasteiger charge is -2.18. The van der Waals surface area contributed by atoms with Gasteiger partial charge in [-0.15, -0.1) is 0 Å². The second kappa shape index (κ2) is 13.0. The number of hydrogen-bond acceptors (Lipinski definition) is 4. The zero-order valence-electron chi connectivity index (χ0n) is 17.4. The smallest absolute Gasteiger partial charge is 0.312 e. The monoisotopic (exact) mass is 398 g/mol. The van der Waals surface area contributed by atoms with Crippen LogP contribution in [-0.4, -0.2) is 18.8 Å². The molecule has 0 aliphatic heterocycles. The topological polar surface area (TPSA) is 63.6 Å². The fourth-order valence-corrected chi connectivity index (χ4v) is 4.68. The highest BCUT2D eigenvalue weighted by Crippen LogP contribution is 2.30. The van der Waals surface area contributed by atoms with Crippen molar-refractivity contribution in [2.75, 3.05) is 0 Å². The Balaban J connectivity index is 2.56. The summed E-state index contributed by atoms with van der Waals surface area (Å²) in [7, 11) is -3.75. The maximum Gasteiger partial charge on any atom is 0.312 e. The zero-order chi connectivity index (χ0) is 20.1. The van der Waals surface area contributed by atoms with E-state index in [-0.39, 0.29) is 11.5 Å². The highest BCUT2D eigenvalue weighted by atomic mass is 32.2. The number of phenolic OH excluding ortho intramolecular Hbond substituents is 1. The van der Waals surface area contributed by atoms with Crippen molar-refractivity contribution in [2.45, 2.75) is 103 Å². The van der Waals surface area contributed by atoms with Crippen LogP contribution in [0.25, 0.3) is 0 Å². The number of aryl methyl sites for hydroxylation is 1. The standard InChI is InChI=1S/C22H38O4S/c1-4-6-8-9-10-11-12-13-15-20(14-7-5-2)27(24,25)26-22-18-19(3)16-17-21(22)23/h16-18,20,23H,4-15H2,1-3H3. The van der Waals surface area contributed by atoms with Crippen LogP contribution >= 0.6 is 0 Å². The van der Waals surface area contributed by atoms with Crippen LogP contribution in [0.5, 0.6) is 11.5 Å². The molecular weight excluding hydrogens is 360 g/mol. The van der Waals surface area contributed by atoms with Crippen LogP contribution in [-0.2, 0) is 10.1 Å². The maximum absolute atomic E-state index is 12.8. The molecule has 0 saturated heterocycles. The van der Waals surface area contributed by atoms with Crippen molar-refractivity contribution < 1.29 is 17.7 Å². The molecule has 0 aromatic heterocycles. The molecular formula is C22H38O4S. The van der Waals surface area contributed by atoms with Crippen LogP contribution in [0.1, 0.15) is 96.5 Å². The lowest BCUT2D eigenvalue weighted by Crippen LogP contribution is -2.26. The van der Waals surface area contributed by atoms with Crippen LogP contribution in [0.4, 0.5) is 0 Å². The molecule has 1 aromatic carbocycles. The normalized spacial score (nSPS) is 12.9. The van der Waals surface area contributed by atoms with Crippen LogP contribution in [0.15, 0.2) is 18.2 Å². The summed E-state index contributed by atoms with van der Waals surface area (Å²) in [5.41, 5.74) is 0.853. The third-order valence-corrected chi connectivity index (χ3v) is 6.69.